The van der Waals surface area contributed by atoms with Crippen molar-refractivity contribution in [2.24, 2.45) is 0 Å². The van der Waals surface area contributed by atoms with E-state index in [0.29, 0.717) is 0 Å². The van der Waals surface area contributed by atoms with Crippen molar-refractivity contribution in [3.63, 3.8) is 0 Å². The first kappa shape index (κ1) is 12.2. The van der Waals surface area contributed by atoms with Crippen LogP contribution in [0.2, 0.25) is 0 Å². The first-order valence-electron chi connectivity index (χ1n) is 3.33. The molecule has 14 heavy (non-hydrogen) atoms. The van der Waals surface area contributed by atoms with Gasteiger partial charge in [0.1, 0.15) is 5.97 Å². The number of hydrogen-bond donors (Lipinski definition) is 1. The van der Waals surface area contributed by atoms with Crippen LogP contribution in [0.25, 0.3) is 0 Å². The number of hydrogen-bond acceptors (Lipinski definition) is 3. The van der Waals surface area contributed by atoms with Crippen LogP contribution in [0, 0.1) is 0 Å². The van der Waals surface area contributed by atoms with Crippen LogP contribution >= 0.6 is 0 Å². The van der Waals surface area contributed by atoms with Crippen molar-refractivity contribution in [1.82, 2.24) is 0 Å². The third-order valence-electron chi connectivity index (χ3n) is 0.970. The highest BCUT2D eigenvalue weighted by molar-refractivity contribution is 5.70. The molecule has 7 heteroatoms. The van der Waals surface area contributed by atoms with Gasteiger partial charge in [0.15, 0.2) is 12.4 Å². The van der Waals surface area contributed by atoms with E-state index >= 15 is 0 Å². The van der Waals surface area contributed by atoms with Gasteiger partial charge in [-0.2, -0.15) is 13.2 Å². The number of pyridine rings is 1. The van der Waals surface area contributed by atoms with Crippen molar-refractivity contribution in [2.45, 2.75) is 6.18 Å². The number of nitrogen functional groups attached to an aromatic ring is 1. The van der Waals surface area contributed by atoms with Crippen LogP contribution < -0.4 is 15.6 Å². The second-order valence-electron chi connectivity index (χ2n) is 2.11. The number of aromatic nitrogens is 1. The van der Waals surface area contributed by atoms with Crippen molar-refractivity contribution in [3.05, 3.63) is 30.6 Å². The predicted octanol–water partition coefficient (Wildman–Crippen LogP) is -1.01. The number of carboxylic acid groups (broad SMARTS) is 1. The van der Waals surface area contributed by atoms with Gasteiger partial charge in [-0.3, -0.25) is 0 Å². The van der Waals surface area contributed by atoms with E-state index in [0.717, 1.165) is 0 Å². The number of carbonyl (C=O) groups excluding carboxylic acids is 1. The van der Waals surface area contributed by atoms with Gasteiger partial charge in [0.2, 0.25) is 0 Å². The van der Waals surface area contributed by atoms with Crippen molar-refractivity contribution in [1.29, 1.82) is 0 Å². The Kier molecular flexibility index (Phi) is 4.41. The summed E-state index contributed by atoms with van der Waals surface area (Å²) in [6.45, 7) is 0. The Bertz CT molecular complexity index is 287. The minimum absolute atomic E-state index is 1.50. The van der Waals surface area contributed by atoms with E-state index in [9.17, 15) is 13.2 Å². The Balaban J connectivity index is 0.000000241. The van der Waals surface area contributed by atoms with Crippen LogP contribution in [0.15, 0.2) is 30.6 Å². The highest BCUT2D eigenvalue weighted by Crippen LogP contribution is 2.11. The first-order valence-corrected chi connectivity index (χ1v) is 3.33. The lowest BCUT2D eigenvalue weighted by molar-refractivity contribution is -0.638. The Morgan fingerprint density at radius 1 is 1.21 bits per heavy atom. The zero-order valence-electron chi connectivity index (χ0n) is 6.86. The fourth-order valence-corrected chi connectivity index (χ4v) is 0.412. The molecule has 2 N–H and O–H groups in total. The largest absolute Gasteiger partial charge is 0.542 e. The molecule has 0 spiro atoms. The summed E-state index contributed by atoms with van der Waals surface area (Å²) in [6, 6.07) is 5.67. The van der Waals surface area contributed by atoms with Gasteiger partial charge in [-0.15, -0.1) is 0 Å². The summed E-state index contributed by atoms with van der Waals surface area (Å²) in [7, 11) is 0. The third-order valence-corrected chi connectivity index (χ3v) is 0.970. The molecule has 78 valence electrons. The Morgan fingerprint density at radius 2 is 1.57 bits per heavy atom. The summed E-state index contributed by atoms with van der Waals surface area (Å²) in [5.74, 6) is 2.27. The van der Waals surface area contributed by atoms with Crippen LogP contribution in [0.1, 0.15) is 0 Å². The third kappa shape index (κ3) is 5.81. The highest BCUT2D eigenvalue weighted by atomic mass is 19.4. The standard InChI is InChI=1S/C5H7N2.C2HF3O2/c6-7-4-2-1-3-5-7;3-2(4,5)1(6)7/h1-5H,6H2;(H,6,7)/q+1;/p-1. The van der Waals surface area contributed by atoms with E-state index in [1.807, 2.05) is 18.2 Å². The summed E-state index contributed by atoms with van der Waals surface area (Å²) in [5, 5.41) is 8.78. The lowest BCUT2D eigenvalue weighted by Crippen LogP contribution is -2.42. The Morgan fingerprint density at radius 3 is 1.71 bits per heavy atom. The number of nitrogens with zero attached hydrogens (tertiary/aromatic N) is 1. The summed E-state index contributed by atoms with van der Waals surface area (Å²) in [5.41, 5.74) is 0. The number of carbonyl (C=O) groups is 1. The number of halogens is 3. The molecule has 0 aromatic carbocycles. The Hall–Kier alpha value is -1.79. The maximum absolute atomic E-state index is 10.5. The molecule has 0 aliphatic rings. The minimum atomic E-state index is -5.19. The molecular weight excluding hydrogens is 201 g/mol. The lowest BCUT2D eigenvalue weighted by Gasteiger charge is -2.03. The lowest BCUT2D eigenvalue weighted by atomic mass is 10.5. The molecule has 0 unspecified atom stereocenters. The highest BCUT2D eigenvalue weighted by Gasteiger charge is 2.28. The minimum Gasteiger partial charge on any atom is -0.542 e. The monoisotopic (exact) mass is 208 g/mol. The predicted molar refractivity (Wildman–Crippen MR) is 37.8 cm³/mol. The van der Waals surface area contributed by atoms with Gasteiger partial charge in [-0.1, -0.05) is 10.7 Å². The first-order chi connectivity index (χ1) is 6.34. The molecule has 1 aromatic heterocycles. The molecule has 0 atom stereocenters. The van der Waals surface area contributed by atoms with Crippen molar-refractivity contribution >= 4 is 5.97 Å². The summed E-state index contributed by atoms with van der Waals surface area (Å²) in [4.78, 5) is 8.78. The van der Waals surface area contributed by atoms with Gasteiger partial charge in [-0.05, 0) is 0 Å². The smallest absolute Gasteiger partial charge is 0.430 e. The van der Waals surface area contributed by atoms with E-state index in [4.69, 9.17) is 15.7 Å². The van der Waals surface area contributed by atoms with E-state index in [-0.39, 0.29) is 0 Å². The van der Waals surface area contributed by atoms with E-state index in [1.165, 1.54) is 4.68 Å². The van der Waals surface area contributed by atoms with Gasteiger partial charge in [0.05, 0.1) is 0 Å². The molecule has 1 heterocycles. The molecule has 0 saturated heterocycles. The van der Waals surface area contributed by atoms with Crippen LogP contribution in [0.5, 0.6) is 0 Å². The molecule has 0 fully saturated rings. The van der Waals surface area contributed by atoms with Gasteiger partial charge in [0, 0.05) is 12.1 Å². The number of alkyl halides is 3. The van der Waals surface area contributed by atoms with Crippen LogP contribution in [0.3, 0.4) is 0 Å². The van der Waals surface area contributed by atoms with Gasteiger partial charge in [-0.25, -0.2) is 5.84 Å². The van der Waals surface area contributed by atoms with Gasteiger partial charge >= 0.3 is 6.18 Å². The average molecular weight is 208 g/mol. The van der Waals surface area contributed by atoms with Gasteiger partial charge < -0.3 is 9.90 Å². The number of nitrogens with two attached hydrogens (primary N) is 1. The molecule has 1 aromatic rings. The maximum atomic E-state index is 10.5. The second-order valence-corrected chi connectivity index (χ2v) is 2.11. The normalized spacial score (nSPS) is 9.93. The van der Waals surface area contributed by atoms with Crippen LogP contribution in [-0.4, -0.2) is 12.1 Å². The molecule has 4 nitrogen and oxygen atoms in total. The van der Waals surface area contributed by atoms with Gasteiger partial charge in [0.25, 0.3) is 0 Å². The van der Waals surface area contributed by atoms with E-state index < -0.39 is 12.1 Å². The molecule has 0 bridgehead atoms. The number of aliphatic carboxylic acids is 1. The number of carboxylic acids is 1. The SMILES string of the molecule is N[n+]1ccccc1.O=C([O-])C(F)(F)F. The molecule has 0 saturated carbocycles. The molecule has 0 radical (unpaired) electrons. The zero-order valence-corrected chi connectivity index (χ0v) is 6.86. The van der Waals surface area contributed by atoms with E-state index in [2.05, 4.69) is 0 Å². The fraction of sp³-hybridized carbons (Fsp3) is 0.143. The summed E-state index contributed by atoms with van der Waals surface area (Å²) >= 11 is 0. The number of rotatable bonds is 0. The maximum Gasteiger partial charge on any atom is 0.430 e. The van der Waals surface area contributed by atoms with Crippen molar-refractivity contribution in [2.75, 3.05) is 5.84 Å². The van der Waals surface area contributed by atoms with E-state index in [1.54, 1.807) is 12.4 Å². The molecule has 0 aliphatic carbocycles. The Labute approximate surface area is 77.4 Å². The van der Waals surface area contributed by atoms with Crippen molar-refractivity contribution in [3.8, 4) is 0 Å². The average Bonchev–Trinajstić information content (AvgIpc) is 2.04. The topological polar surface area (TPSA) is 70.0 Å². The molecule has 0 amide bonds. The second kappa shape index (κ2) is 5.05. The van der Waals surface area contributed by atoms with Crippen molar-refractivity contribution < 1.29 is 27.7 Å². The zero-order chi connectivity index (χ0) is 11.2. The summed E-state index contributed by atoms with van der Waals surface area (Å²) in [6.07, 6.45) is -1.64. The quantitative estimate of drug-likeness (QED) is 0.438. The molecular formula is C7H7F3N2O2. The fourth-order valence-electron chi connectivity index (χ4n) is 0.412. The van der Waals surface area contributed by atoms with Crippen LogP contribution in [-0.2, 0) is 4.79 Å². The summed E-state index contributed by atoms with van der Waals surface area (Å²) < 4.78 is 33.0. The molecule has 1 rings (SSSR count). The van der Waals surface area contributed by atoms with Crippen LogP contribution in [0.4, 0.5) is 13.2 Å². The molecule has 0 aliphatic heterocycles.